The van der Waals surface area contributed by atoms with E-state index in [1.54, 1.807) is 25.5 Å². The summed E-state index contributed by atoms with van der Waals surface area (Å²) in [6, 6.07) is 15.7. The minimum absolute atomic E-state index is 0. The predicted molar refractivity (Wildman–Crippen MR) is 138 cm³/mol. The number of carbonyl (C=O) groups is 1. The Hall–Kier alpha value is -2.37. The normalized spacial score (nSPS) is 12.1. The van der Waals surface area contributed by atoms with E-state index >= 15 is 0 Å². The van der Waals surface area contributed by atoms with Gasteiger partial charge in [0, 0.05) is 36.6 Å². The van der Waals surface area contributed by atoms with Gasteiger partial charge in [-0.05, 0) is 35.2 Å². The molecular weight excluding hydrogens is 527 g/mol. The van der Waals surface area contributed by atoms with Crippen molar-refractivity contribution in [3.05, 3.63) is 59.0 Å². The van der Waals surface area contributed by atoms with Gasteiger partial charge in [0.15, 0.2) is 5.96 Å². The molecule has 0 aliphatic heterocycles. The van der Waals surface area contributed by atoms with Crippen molar-refractivity contribution in [3.63, 3.8) is 0 Å². The van der Waals surface area contributed by atoms with Gasteiger partial charge in [0.1, 0.15) is 11.9 Å². The third kappa shape index (κ3) is 6.81. The van der Waals surface area contributed by atoms with Crippen molar-refractivity contribution >= 4 is 63.0 Å². The third-order valence-electron chi connectivity index (χ3n) is 4.49. The van der Waals surface area contributed by atoms with Crippen LogP contribution in [0.2, 0.25) is 0 Å². The molecule has 9 heteroatoms. The summed E-state index contributed by atoms with van der Waals surface area (Å²) in [4.78, 5) is 16.5. The number of guanidine groups is 1. The number of ether oxygens (including phenoxy) is 1. The summed E-state index contributed by atoms with van der Waals surface area (Å²) in [5.41, 5.74) is 1.57. The molecule has 1 atom stereocenters. The number of thiophene rings is 1. The summed E-state index contributed by atoms with van der Waals surface area (Å²) < 4.78 is 6.43. The Balaban J connectivity index is 0.00000341. The van der Waals surface area contributed by atoms with Crippen LogP contribution in [0.4, 0.5) is 5.69 Å². The molecule has 7 nitrogen and oxygen atoms in total. The summed E-state index contributed by atoms with van der Waals surface area (Å²) in [5, 5.41) is 20.8. The number of methoxy groups -OCH3 is 1. The lowest BCUT2D eigenvalue weighted by Gasteiger charge is -2.16. The summed E-state index contributed by atoms with van der Waals surface area (Å²) in [5.74, 6) is 1.01. The molecule has 1 aromatic heterocycles. The van der Waals surface area contributed by atoms with Crippen molar-refractivity contribution in [2.45, 2.75) is 19.6 Å². The van der Waals surface area contributed by atoms with Crippen LogP contribution in [-0.2, 0) is 11.3 Å². The van der Waals surface area contributed by atoms with E-state index in [1.165, 1.54) is 6.92 Å². The van der Waals surface area contributed by atoms with Gasteiger partial charge in [0.2, 0.25) is 5.91 Å². The number of amides is 1. The monoisotopic (exact) mass is 554 g/mol. The van der Waals surface area contributed by atoms with Crippen LogP contribution in [-0.4, -0.2) is 37.7 Å². The first-order valence-corrected chi connectivity index (χ1v) is 10.4. The number of aliphatic hydroxyl groups excluding tert-OH is 1. The third-order valence-corrected chi connectivity index (χ3v) is 5.71. The number of hydrogen-bond donors (Lipinski definition) is 4. The Labute approximate surface area is 202 Å². The van der Waals surface area contributed by atoms with Crippen LogP contribution in [0, 0.1) is 0 Å². The van der Waals surface area contributed by atoms with Gasteiger partial charge in [-0.25, -0.2) is 0 Å². The second-order valence-corrected chi connectivity index (χ2v) is 7.84. The molecule has 0 saturated heterocycles. The van der Waals surface area contributed by atoms with Gasteiger partial charge in [-0.1, -0.05) is 24.3 Å². The van der Waals surface area contributed by atoms with Gasteiger partial charge < -0.3 is 25.8 Å². The average Bonchev–Trinajstić information content (AvgIpc) is 3.18. The number of anilines is 1. The van der Waals surface area contributed by atoms with Crippen LogP contribution >= 0.6 is 35.3 Å². The van der Waals surface area contributed by atoms with E-state index in [1.807, 2.05) is 48.5 Å². The van der Waals surface area contributed by atoms with E-state index in [4.69, 9.17) is 4.74 Å². The van der Waals surface area contributed by atoms with Gasteiger partial charge >= 0.3 is 0 Å². The molecule has 0 aliphatic carbocycles. The summed E-state index contributed by atoms with van der Waals surface area (Å²) >= 11 is 1.59. The molecule has 0 fully saturated rings. The largest absolute Gasteiger partial charge is 0.495 e. The van der Waals surface area contributed by atoms with E-state index in [-0.39, 0.29) is 29.9 Å². The van der Waals surface area contributed by atoms with E-state index in [0.717, 1.165) is 20.5 Å². The zero-order valence-electron chi connectivity index (χ0n) is 17.6. The minimum atomic E-state index is -0.631. The zero-order valence-corrected chi connectivity index (χ0v) is 20.8. The second kappa shape index (κ2) is 11.9. The molecule has 0 aliphatic rings. The number of hydrogen-bond acceptors (Lipinski definition) is 5. The number of halogens is 1. The van der Waals surface area contributed by atoms with Crippen molar-refractivity contribution in [2.75, 3.05) is 26.0 Å². The maximum Gasteiger partial charge on any atom is 0.221 e. The van der Waals surface area contributed by atoms with Crippen LogP contribution < -0.4 is 20.7 Å². The lowest BCUT2D eigenvalue weighted by molar-refractivity contribution is -0.114. The van der Waals surface area contributed by atoms with Crippen molar-refractivity contribution in [3.8, 4) is 5.75 Å². The average molecular weight is 554 g/mol. The molecule has 1 amide bonds. The molecule has 3 aromatic rings. The number of fused-ring (bicyclic) bond motifs is 1. The van der Waals surface area contributed by atoms with Gasteiger partial charge in [-0.2, -0.15) is 0 Å². The number of rotatable bonds is 7. The summed E-state index contributed by atoms with van der Waals surface area (Å²) in [6.45, 7) is 2.29. The highest BCUT2D eigenvalue weighted by atomic mass is 127. The molecule has 3 rings (SSSR count). The molecule has 1 heterocycles. The van der Waals surface area contributed by atoms with Gasteiger partial charge in [0.05, 0.1) is 12.8 Å². The van der Waals surface area contributed by atoms with E-state index in [9.17, 15) is 9.90 Å². The topological polar surface area (TPSA) is 95.0 Å². The number of carbonyl (C=O) groups excluding carboxylic acids is 1. The quantitative estimate of drug-likeness (QED) is 0.202. The smallest absolute Gasteiger partial charge is 0.221 e. The Morgan fingerprint density at radius 2 is 1.97 bits per heavy atom. The van der Waals surface area contributed by atoms with Crippen molar-refractivity contribution in [2.24, 2.45) is 4.99 Å². The van der Waals surface area contributed by atoms with Crippen LogP contribution in [0.5, 0.6) is 5.75 Å². The molecule has 0 bridgehead atoms. The Bertz CT molecular complexity index is 1020. The highest BCUT2D eigenvalue weighted by Gasteiger charge is 2.12. The standard InChI is InChI=1S/C22H26N4O3S.HI/c1-14(27)26-17-10-15(8-9-19(17)29-3)12-24-22(23-2)25-13-18(28)21-11-16-6-4-5-7-20(16)30-21;/h4-11,18,28H,12-13H2,1-3H3,(H,26,27)(H2,23,24,25);1H. The van der Waals surface area contributed by atoms with E-state index in [0.29, 0.717) is 30.5 Å². The number of aliphatic hydroxyl groups is 1. The Morgan fingerprint density at radius 3 is 2.65 bits per heavy atom. The maximum atomic E-state index is 11.4. The lowest BCUT2D eigenvalue weighted by Crippen LogP contribution is -2.38. The number of nitrogens with one attached hydrogen (secondary N) is 3. The number of aliphatic imine (C=N–C) groups is 1. The molecule has 4 N–H and O–H groups in total. The first-order chi connectivity index (χ1) is 14.5. The van der Waals surface area contributed by atoms with Gasteiger partial charge in [-0.3, -0.25) is 9.79 Å². The lowest BCUT2D eigenvalue weighted by atomic mass is 10.2. The fraction of sp³-hybridized carbons (Fsp3) is 0.273. The van der Waals surface area contributed by atoms with E-state index in [2.05, 4.69) is 20.9 Å². The molecule has 0 spiro atoms. The number of nitrogens with zero attached hydrogens (tertiary/aromatic N) is 1. The highest BCUT2D eigenvalue weighted by Crippen LogP contribution is 2.29. The van der Waals surface area contributed by atoms with Gasteiger partial charge in [-0.15, -0.1) is 35.3 Å². The summed E-state index contributed by atoms with van der Waals surface area (Å²) in [7, 11) is 3.24. The molecule has 0 radical (unpaired) electrons. The molecule has 1 unspecified atom stereocenters. The second-order valence-electron chi connectivity index (χ2n) is 6.72. The highest BCUT2D eigenvalue weighted by molar-refractivity contribution is 14.0. The Morgan fingerprint density at radius 1 is 1.19 bits per heavy atom. The molecular formula is C22H27IN4O3S. The molecule has 2 aromatic carbocycles. The van der Waals surface area contributed by atoms with Crippen LogP contribution in [0.15, 0.2) is 53.5 Å². The van der Waals surface area contributed by atoms with Crippen molar-refractivity contribution in [1.82, 2.24) is 10.6 Å². The Kier molecular flexibility index (Phi) is 9.53. The first-order valence-electron chi connectivity index (χ1n) is 9.55. The van der Waals surface area contributed by atoms with Crippen LogP contribution in [0.3, 0.4) is 0 Å². The molecule has 31 heavy (non-hydrogen) atoms. The molecule has 0 saturated carbocycles. The fourth-order valence-corrected chi connectivity index (χ4v) is 4.07. The van der Waals surface area contributed by atoms with Gasteiger partial charge in [0.25, 0.3) is 0 Å². The van der Waals surface area contributed by atoms with Crippen LogP contribution in [0.1, 0.15) is 23.5 Å². The SMILES string of the molecule is CN=C(NCc1ccc(OC)c(NC(C)=O)c1)NCC(O)c1cc2ccccc2s1.I. The fourth-order valence-electron chi connectivity index (χ4n) is 3.02. The van der Waals surface area contributed by atoms with E-state index < -0.39 is 6.10 Å². The predicted octanol–water partition coefficient (Wildman–Crippen LogP) is 3.88. The first kappa shape index (κ1) is 24.9. The zero-order chi connectivity index (χ0) is 21.5. The minimum Gasteiger partial charge on any atom is -0.495 e. The maximum absolute atomic E-state index is 11.4. The van der Waals surface area contributed by atoms with Crippen LogP contribution in [0.25, 0.3) is 10.1 Å². The number of benzene rings is 2. The van der Waals surface area contributed by atoms with Crippen molar-refractivity contribution < 1.29 is 14.6 Å². The summed E-state index contributed by atoms with van der Waals surface area (Å²) in [6.07, 6.45) is -0.631. The molecule has 166 valence electrons. The van der Waals surface area contributed by atoms with Crippen molar-refractivity contribution in [1.29, 1.82) is 0 Å².